The third-order valence-corrected chi connectivity index (χ3v) is 1.99. The summed E-state index contributed by atoms with van der Waals surface area (Å²) >= 11 is 0. The van der Waals surface area contributed by atoms with E-state index in [2.05, 4.69) is 4.98 Å². The second kappa shape index (κ2) is 3.14. The predicted molar refractivity (Wildman–Crippen MR) is 53.7 cm³/mol. The van der Waals surface area contributed by atoms with Crippen LogP contribution in [0.1, 0.15) is 10.4 Å². The van der Waals surface area contributed by atoms with E-state index in [4.69, 9.17) is 4.42 Å². The quantitative estimate of drug-likeness (QED) is 0.676. The van der Waals surface area contributed by atoms with Crippen molar-refractivity contribution in [2.24, 2.45) is 0 Å². The van der Waals surface area contributed by atoms with Gasteiger partial charge in [-0.2, -0.15) is 0 Å². The zero-order valence-corrected chi connectivity index (χ0v) is 8.02. The van der Waals surface area contributed by atoms with E-state index in [1.54, 1.807) is 23.2 Å². The average molecular weight is 190 g/mol. The van der Waals surface area contributed by atoms with E-state index in [0.717, 1.165) is 6.29 Å². The molecule has 14 heavy (non-hydrogen) atoms. The first kappa shape index (κ1) is 8.74. The van der Waals surface area contributed by atoms with Crippen molar-refractivity contribution in [2.75, 3.05) is 19.0 Å². The van der Waals surface area contributed by atoms with Crippen molar-refractivity contribution < 1.29 is 9.21 Å². The number of rotatable bonds is 2. The van der Waals surface area contributed by atoms with E-state index in [-0.39, 0.29) is 0 Å². The maximum atomic E-state index is 10.9. The summed E-state index contributed by atoms with van der Waals surface area (Å²) in [6.07, 6.45) is 2.42. The summed E-state index contributed by atoms with van der Waals surface area (Å²) < 4.78 is 5.48. The van der Waals surface area contributed by atoms with Crippen molar-refractivity contribution in [2.45, 2.75) is 0 Å². The molecule has 0 amide bonds. The molecule has 2 heterocycles. The summed E-state index contributed by atoms with van der Waals surface area (Å²) in [6, 6.07) is 3.57. The standard InChI is InChI=1S/C10H10N2O2/c1-12(2)10-7(6-13)9-8(14-10)4-3-5-11-9/h3-6H,1-2H3. The molecule has 0 spiro atoms. The second-order valence-electron chi connectivity index (χ2n) is 3.18. The molecule has 2 aromatic heterocycles. The molecule has 0 aliphatic heterocycles. The number of hydrogen-bond donors (Lipinski definition) is 0. The van der Waals surface area contributed by atoms with Crippen LogP contribution in [0.4, 0.5) is 5.88 Å². The Morgan fingerprint density at radius 3 is 2.93 bits per heavy atom. The fourth-order valence-electron chi connectivity index (χ4n) is 1.37. The molecule has 4 nitrogen and oxygen atoms in total. The highest BCUT2D eigenvalue weighted by Crippen LogP contribution is 2.28. The van der Waals surface area contributed by atoms with E-state index in [1.165, 1.54) is 0 Å². The van der Waals surface area contributed by atoms with Gasteiger partial charge in [0.25, 0.3) is 0 Å². The van der Waals surface area contributed by atoms with Gasteiger partial charge in [-0.1, -0.05) is 0 Å². The minimum absolute atomic E-state index is 0.505. The van der Waals surface area contributed by atoms with E-state index in [0.29, 0.717) is 22.5 Å². The van der Waals surface area contributed by atoms with Crippen molar-refractivity contribution in [1.82, 2.24) is 4.98 Å². The SMILES string of the molecule is CN(C)c1oc2cccnc2c1C=O. The van der Waals surface area contributed by atoms with Crippen LogP contribution in [0.3, 0.4) is 0 Å². The fraction of sp³-hybridized carbons (Fsp3) is 0.200. The Labute approximate surface area is 81.1 Å². The van der Waals surface area contributed by atoms with E-state index in [1.807, 2.05) is 14.1 Å². The molecule has 4 heteroatoms. The zero-order chi connectivity index (χ0) is 10.1. The number of nitrogens with zero attached hydrogens (tertiary/aromatic N) is 2. The van der Waals surface area contributed by atoms with Gasteiger partial charge in [0.2, 0.25) is 5.88 Å². The van der Waals surface area contributed by atoms with Crippen LogP contribution in [0.5, 0.6) is 0 Å². The largest absolute Gasteiger partial charge is 0.438 e. The lowest BCUT2D eigenvalue weighted by Gasteiger charge is -2.07. The number of hydrogen-bond acceptors (Lipinski definition) is 4. The van der Waals surface area contributed by atoms with Crippen LogP contribution < -0.4 is 4.90 Å². The highest BCUT2D eigenvalue weighted by atomic mass is 16.4. The number of fused-ring (bicyclic) bond motifs is 1. The van der Waals surface area contributed by atoms with Gasteiger partial charge in [-0.25, -0.2) is 0 Å². The van der Waals surface area contributed by atoms with Crippen molar-refractivity contribution in [3.8, 4) is 0 Å². The summed E-state index contributed by atoms with van der Waals surface area (Å²) in [7, 11) is 3.65. The number of furan rings is 1. The van der Waals surface area contributed by atoms with Crippen molar-refractivity contribution in [1.29, 1.82) is 0 Å². The molecule has 2 rings (SSSR count). The highest BCUT2D eigenvalue weighted by molar-refractivity contribution is 5.99. The molecule has 0 bridgehead atoms. The average Bonchev–Trinajstić information content (AvgIpc) is 2.56. The van der Waals surface area contributed by atoms with Gasteiger partial charge in [0.15, 0.2) is 11.9 Å². The van der Waals surface area contributed by atoms with Gasteiger partial charge in [-0.05, 0) is 12.1 Å². The van der Waals surface area contributed by atoms with Crippen LogP contribution in [0, 0.1) is 0 Å². The molecule has 0 aliphatic carbocycles. The topological polar surface area (TPSA) is 46.3 Å². The Bertz CT molecular complexity index is 474. The Kier molecular flexibility index (Phi) is 1.96. The molecule has 0 saturated heterocycles. The summed E-state index contributed by atoms with van der Waals surface area (Å²) in [4.78, 5) is 16.7. The van der Waals surface area contributed by atoms with Crippen LogP contribution in [-0.2, 0) is 0 Å². The van der Waals surface area contributed by atoms with Crippen LogP contribution in [0.25, 0.3) is 11.1 Å². The molecular weight excluding hydrogens is 180 g/mol. The number of pyridine rings is 1. The minimum Gasteiger partial charge on any atom is -0.438 e. The number of carbonyl (C=O) groups excluding carboxylic acids is 1. The Balaban J connectivity index is 2.78. The third kappa shape index (κ3) is 1.16. The smallest absolute Gasteiger partial charge is 0.208 e. The molecule has 0 atom stereocenters. The summed E-state index contributed by atoms with van der Waals surface area (Å²) in [6.45, 7) is 0. The molecule has 0 saturated carbocycles. The summed E-state index contributed by atoms with van der Waals surface area (Å²) in [5.74, 6) is 0.550. The van der Waals surface area contributed by atoms with Gasteiger partial charge in [0.05, 0.1) is 0 Å². The molecule has 0 fully saturated rings. The van der Waals surface area contributed by atoms with E-state index < -0.39 is 0 Å². The van der Waals surface area contributed by atoms with Crippen LogP contribution in [0.2, 0.25) is 0 Å². The minimum atomic E-state index is 0.505. The van der Waals surface area contributed by atoms with Crippen molar-refractivity contribution in [3.63, 3.8) is 0 Å². The fourth-order valence-corrected chi connectivity index (χ4v) is 1.37. The normalized spacial score (nSPS) is 10.4. The first-order valence-electron chi connectivity index (χ1n) is 4.24. The Morgan fingerprint density at radius 1 is 1.50 bits per heavy atom. The molecule has 0 N–H and O–H groups in total. The predicted octanol–water partition coefficient (Wildman–Crippen LogP) is 1.71. The van der Waals surface area contributed by atoms with E-state index >= 15 is 0 Å². The van der Waals surface area contributed by atoms with Crippen molar-refractivity contribution >= 4 is 23.3 Å². The number of aromatic nitrogens is 1. The molecule has 0 unspecified atom stereocenters. The molecule has 0 radical (unpaired) electrons. The molecular formula is C10H10N2O2. The second-order valence-corrected chi connectivity index (χ2v) is 3.18. The van der Waals surface area contributed by atoms with Gasteiger partial charge in [0, 0.05) is 20.3 Å². The van der Waals surface area contributed by atoms with Gasteiger partial charge < -0.3 is 9.32 Å². The third-order valence-electron chi connectivity index (χ3n) is 1.99. The maximum absolute atomic E-state index is 10.9. The summed E-state index contributed by atoms with van der Waals surface area (Å²) in [5, 5.41) is 0. The lowest BCUT2D eigenvalue weighted by molar-refractivity contribution is 0.112. The van der Waals surface area contributed by atoms with Gasteiger partial charge in [-0.3, -0.25) is 9.78 Å². The summed E-state index contributed by atoms with van der Waals surface area (Å²) in [5.41, 5.74) is 1.76. The lowest BCUT2D eigenvalue weighted by Crippen LogP contribution is -2.09. The van der Waals surface area contributed by atoms with Gasteiger partial charge >= 0.3 is 0 Å². The monoisotopic (exact) mass is 190 g/mol. The number of anilines is 1. The van der Waals surface area contributed by atoms with Gasteiger partial charge in [-0.15, -0.1) is 0 Å². The van der Waals surface area contributed by atoms with Crippen LogP contribution >= 0.6 is 0 Å². The lowest BCUT2D eigenvalue weighted by atomic mass is 10.2. The first-order chi connectivity index (χ1) is 6.74. The van der Waals surface area contributed by atoms with Gasteiger partial charge in [0.1, 0.15) is 11.1 Å². The first-order valence-corrected chi connectivity index (χ1v) is 4.24. The van der Waals surface area contributed by atoms with E-state index in [9.17, 15) is 4.79 Å². The molecule has 0 aromatic carbocycles. The number of aldehydes is 1. The van der Waals surface area contributed by atoms with Crippen LogP contribution in [-0.4, -0.2) is 25.4 Å². The Morgan fingerprint density at radius 2 is 2.29 bits per heavy atom. The zero-order valence-electron chi connectivity index (χ0n) is 8.02. The Hall–Kier alpha value is -1.84. The highest BCUT2D eigenvalue weighted by Gasteiger charge is 2.15. The number of carbonyl (C=O) groups is 1. The van der Waals surface area contributed by atoms with Crippen molar-refractivity contribution in [3.05, 3.63) is 23.9 Å². The maximum Gasteiger partial charge on any atom is 0.208 e. The molecule has 0 aliphatic rings. The molecule has 72 valence electrons. The van der Waals surface area contributed by atoms with Crippen LogP contribution in [0.15, 0.2) is 22.7 Å². The molecule has 2 aromatic rings.